The Bertz CT molecular complexity index is 496. The van der Waals surface area contributed by atoms with E-state index in [9.17, 15) is 9.59 Å². The third-order valence-corrected chi connectivity index (χ3v) is 2.22. The number of carboxylic acids is 2. The molecular weight excluding hydrogens is 246 g/mol. The minimum Gasteiger partial charge on any atom is -0.481 e. The molecule has 1 rings (SSSR count). The average Bonchev–Trinajstić information content (AvgIpc) is 2.21. The predicted octanol–water partition coefficient (Wildman–Crippen LogP) is 2.11. The van der Waals surface area contributed by atoms with E-state index in [-0.39, 0.29) is 22.7 Å². The van der Waals surface area contributed by atoms with Crippen molar-refractivity contribution in [3.05, 3.63) is 34.4 Å². The van der Waals surface area contributed by atoms with Crippen LogP contribution in [0.25, 0.3) is 6.08 Å². The third-order valence-electron chi connectivity index (χ3n) is 2.00. The summed E-state index contributed by atoms with van der Waals surface area (Å²) in [5.74, 6) is -2.17. The highest BCUT2D eigenvalue weighted by molar-refractivity contribution is 6.31. The highest BCUT2D eigenvalue weighted by atomic mass is 35.5. The van der Waals surface area contributed by atoms with Gasteiger partial charge in [-0.15, -0.1) is 0 Å². The van der Waals surface area contributed by atoms with Gasteiger partial charge in [-0.1, -0.05) is 23.8 Å². The normalized spacial score (nSPS) is 10.6. The lowest BCUT2D eigenvalue weighted by Crippen LogP contribution is -2.04. The van der Waals surface area contributed by atoms with Crippen molar-refractivity contribution in [3.63, 3.8) is 0 Å². The number of carbonyl (C=O) groups is 2. The molecule has 0 aromatic heterocycles. The van der Waals surface area contributed by atoms with Crippen molar-refractivity contribution in [1.29, 1.82) is 0 Å². The van der Waals surface area contributed by atoms with Crippen LogP contribution in [0.1, 0.15) is 22.3 Å². The summed E-state index contributed by atoms with van der Waals surface area (Å²) in [6.45, 7) is 0. The van der Waals surface area contributed by atoms with Crippen LogP contribution >= 0.6 is 11.6 Å². The fourth-order valence-electron chi connectivity index (χ4n) is 1.24. The molecule has 6 heteroatoms. The molecule has 1 aromatic rings. The fraction of sp³-hybridized carbons (Fsp3) is 0.0909. The second kappa shape index (κ2) is 5.36. The van der Waals surface area contributed by atoms with Gasteiger partial charge in [0.05, 0.1) is 17.7 Å². The number of nitrogen functional groups attached to an aromatic ring is 1. The molecule has 0 spiro atoms. The van der Waals surface area contributed by atoms with Crippen LogP contribution in [-0.2, 0) is 4.79 Å². The number of benzene rings is 1. The monoisotopic (exact) mass is 255 g/mol. The molecule has 5 nitrogen and oxygen atoms in total. The third kappa shape index (κ3) is 3.49. The van der Waals surface area contributed by atoms with Gasteiger partial charge in [0.1, 0.15) is 0 Å². The van der Waals surface area contributed by atoms with Crippen LogP contribution in [0.3, 0.4) is 0 Å². The number of rotatable bonds is 4. The zero-order valence-electron chi connectivity index (χ0n) is 8.68. The molecule has 0 atom stereocenters. The maximum absolute atomic E-state index is 10.9. The lowest BCUT2D eigenvalue weighted by molar-refractivity contribution is -0.135. The Morgan fingerprint density at radius 3 is 2.53 bits per heavy atom. The van der Waals surface area contributed by atoms with E-state index in [0.717, 1.165) is 0 Å². The molecule has 90 valence electrons. The number of aliphatic carboxylic acids is 1. The van der Waals surface area contributed by atoms with Gasteiger partial charge in [0.25, 0.3) is 0 Å². The van der Waals surface area contributed by atoms with Gasteiger partial charge in [-0.05, 0) is 17.7 Å². The summed E-state index contributed by atoms with van der Waals surface area (Å²) in [6, 6.07) is 2.72. The zero-order chi connectivity index (χ0) is 13.0. The molecule has 0 amide bonds. The number of carboxylic acid groups (broad SMARTS) is 2. The molecule has 0 radical (unpaired) electrons. The van der Waals surface area contributed by atoms with E-state index in [1.807, 2.05) is 0 Å². The van der Waals surface area contributed by atoms with E-state index in [4.69, 9.17) is 27.5 Å². The van der Waals surface area contributed by atoms with Gasteiger partial charge in [-0.3, -0.25) is 4.79 Å². The summed E-state index contributed by atoms with van der Waals surface area (Å²) in [5.41, 5.74) is 5.97. The summed E-state index contributed by atoms with van der Waals surface area (Å²) < 4.78 is 0. The lowest BCUT2D eigenvalue weighted by Gasteiger charge is -2.05. The minimum atomic E-state index is -1.18. The molecule has 0 aliphatic carbocycles. The highest BCUT2D eigenvalue weighted by Crippen LogP contribution is 2.24. The summed E-state index contributed by atoms with van der Waals surface area (Å²) in [4.78, 5) is 21.2. The van der Waals surface area contributed by atoms with Gasteiger partial charge in [-0.25, -0.2) is 4.79 Å². The van der Waals surface area contributed by atoms with E-state index >= 15 is 0 Å². The Balaban J connectivity index is 3.11. The first-order valence-electron chi connectivity index (χ1n) is 4.62. The molecule has 0 bridgehead atoms. The molecule has 0 aliphatic heterocycles. The molecule has 0 unspecified atom stereocenters. The number of hydrogen-bond acceptors (Lipinski definition) is 3. The largest absolute Gasteiger partial charge is 0.481 e. The topological polar surface area (TPSA) is 101 Å². The number of aromatic carboxylic acids is 1. The summed E-state index contributed by atoms with van der Waals surface area (Å²) in [6.07, 6.45) is 2.63. The summed E-state index contributed by atoms with van der Waals surface area (Å²) in [7, 11) is 0. The smallest absolute Gasteiger partial charge is 0.337 e. The van der Waals surface area contributed by atoms with Crippen LogP contribution in [-0.4, -0.2) is 22.2 Å². The lowest BCUT2D eigenvalue weighted by atomic mass is 10.1. The molecule has 1 aromatic carbocycles. The Hall–Kier alpha value is -2.01. The van der Waals surface area contributed by atoms with Gasteiger partial charge >= 0.3 is 11.9 Å². The van der Waals surface area contributed by atoms with Crippen LogP contribution in [0, 0.1) is 0 Å². The Labute approximate surface area is 102 Å². The molecule has 17 heavy (non-hydrogen) atoms. The van der Waals surface area contributed by atoms with Crippen molar-refractivity contribution in [2.24, 2.45) is 0 Å². The van der Waals surface area contributed by atoms with Gasteiger partial charge in [0, 0.05) is 5.02 Å². The van der Waals surface area contributed by atoms with Crippen LogP contribution < -0.4 is 5.73 Å². The number of nitrogens with two attached hydrogens (primary N) is 1. The van der Waals surface area contributed by atoms with Crippen LogP contribution in [0.2, 0.25) is 5.02 Å². The first-order valence-corrected chi connectivity index (χ1v) is 5.00. The maximum atomic E-state index is 10.9. The molecule has 0 heterocycles. The first kappa shape index (κ1) is 13.1. The molecule has 0 saturated heterocycles. The van der Waals surface area contributed by atoms with Crippen molar-refractivity contribution in [1.82, 2.24) is 0 Å². The van der Waals surface area contributed by atoms with Gasteiger partial charge < -0.3 is 15.9 Å². The van der Waals surface area contributed by atoms with Crippen molar-refractivity contribution in [3.8, 4) is 0 Å². The fourth-order valence-corrected chi connectivity index (χ4v) is 1.47. The van der Waals surface area contributed by atoms with Crippen LogP contribution in [0.5, 0.6) is 0 Å². The second-order valence-corrected chi connectivity index (χ2v) is 3.70. The predicted molar refractivity (Wildman–Crippen MR) is 64.1 cm³/mol. The van der Waals surface area contributed by atoms with E-state index in [2.05, 4.69) is 0 Å². The molecular formula is C11H10ClNO4. The van der Waals surface area contributed by atoms with Crippen molar-refractivity contribution in [2.75, 3.05) is 5.73 Å². The SMILES string of the molecule is Nc1c(C=CCC(=O)O)cc(Cl)cc1C(=O)O. The van der Waals surface area contributed by atoms with E-state index in [1.165, 1.54) is 24.3 Å². The Kier molecular flexibility index (Phi) is 4.12. The highest BCUT2D eigenvalue weighted by Gasteiger charge is 2.11. The number of hydrogen-bond donors (Lipinski definition) is 3. The van der Waals surface area contributed by atoms with Crippen LogP contribution in [0.4, 0.5) is 5.69 Å². The van der Waals surface area contributed by atoms with E-state index in [1.54, 1.807) is 0 Å². The number of halogens is 1. The van der Waals surface area contributed by atoms with E-state index in [0.29, 0.717) is 5.56 Å². The van der Waals surface area contributed by atoms with Gasteiger partial charge in [-0.2, -0.15) is 0 Å². The summed E-state index contributed by atoms with van der Waals surface area (Å²) in [5, 5.41) is 17.6. The van der Waals surface area contributed by atoms with Gasteiger partial charge in [0.2, 0.25) is 0 Å². The average molecular weight is 256 g/mol. The first-order chi connectivity index (χ1) is 7.91. The molecule has 0 fully saturated rings. The molecule has 0 saturated carbocycles. The Morgan fingerprint density at radius 1 is 1.35 bits per heavy atom. The zero-order valence-corrected chi connectivity index (χ0v) is 9.44. The van der Waals surface area contributed by atoms with Crippen molar-refractivity contribution < 1.29 is 19.8 Å². The maximum Gasteiger partial charge on any atom is 0.337 e. The van der Waals surface area contributed by atoms with E-state index < -0.39 is 11.9 Å². The Morgan fingerprint density at radius 2 is 2.00 bits per heavy atom. The number of anilines is 1. The van der Waals surface area contributed by atoms with Crippen LogP contribution in [0.15, 0.2) is 18.2 Å². The van der Waals surface area contributed by atoms with Gasteiger partial charge in [0.15, 0.2) is 0 Å². The minimum absolute atomic E-state index is 0.0588. The van der Waals surface area contributed by atoms with Crippen molar-refractivity contribution >= 4 is 35.3 Å². The summed E-state index contributed by atoms with van der Waals surface area (Å²) >= 11 is 5.74. The molecule has 4 N–H and O–H groups in total. The van der Waals surface area contributed by atoms with Crippen molar-refractivity contribution in [2.45, 2.75) is 6.42 Å². The quantitative estimate of drug-likeness (QED) is 0.716. The standard InChI is InChI=1S/C11H10ClNO4/c12-7-4-6(2-1-3-9(14)15)10(13)8(5-7)11(16)17/h1-2,4-5H,3,13H2,(H,14,15)(H,16,17). The molecule has 0 aliphatic rings. The second-order valence-electron chi connectivity index (χ2n) is 3.26.